The van der Waals surface area contributed by atoms with Crippen LogP contribution in [-0.2, 0) is 11.3 Å². The summed E-state index contributed by atoms with van der Waals surface area (Å²) in [5, 5.41) is 11.1. The van der Waals surface area contributed by atoms with Crippen molar-refractivity contribution in [1.29, 1.82) is 0 Å². The summed E-state index contributed by atoms with van der Waals surface area (Å²) < 4.78 is 5.55. The fourth-order valence-corrected chi connectivity index (χ4v) is 3.49. The summed E-state index contributed by atoms with van der Waals surface area (Å²) in [6, 6.07) is 4.03. The first kappa shape index (κ1) is 10.7. The highest BCUT2D eigenvalue weighted by Gasteiger charge is 2.26. The Bertz CT molecular complexity index is 393. The molecule has 0 radical (unpaired) electrons. The van der Waals surface area contributed by atoms with Crippen LogP contribution >= 0.6 is 0 Å². The first-order chi connectivity index (χ1) is 6.89. The molecule has 1 aliphatic heterocycles. The maximum atomic E-state index is 9.98. The Labute approximate surface area is 91.9 Å². The first-order valence-corrected chi connectivity index (χ1v) is 8.87. The van der Waals surface area contributed by atoms with Crippen LogP contribution in [0, 0.1) is 0 Å². The summed E-state index contributed by atoms with van der Waals surface area (Å²) in [5.41, 5.74) is 2.40. The van der Waals surface area contributed by atoms with Gasteiger partial charge in [0.2, 0.25) is 0 Å². The van der Waals surface area contributed by atoms with Gasteiger partial charge in [-0.25, -0.2) is 0 Å². The summed E-state index contributed by atoms with van der Waals surface area (Å²) in [4.78, 5) is 0. The van der Waals surface area contributed by atoms with Gasteiger partial charge >= 0.3 is 0 Å². The molecule has 1 heterocycles. The molecule has 0 amide bonds. The highest BCUT2D eigenvalue weighted by atomic mass is 28.3. The molecule has 0 saturated heterocycles. The van der Waals surface area contributed by atoms with E-state index in [-0.39, 0.29) is 6.10 Å². The molecule has 1 aliphatic rings. The minimum absolute atomic E-state index is 0.177. The fraction of sp³-hybridized carbons (Fsp3) is 0.500. The van der Waals surface area contributed by atoms with Crippen LogP contribution < -0.4 is 5.19 Å². The van der Waals surface area contributed by atoms with Gasteiger partial charge < -0.3 is 9.84 Å². The van der Waals surface area contributed by atoms with E-state index >= 15 is 0 Å². The number of benzene rings is 1. The van der Waals surface area contributed by atoms with Gasteiger partial charge in [-0.15, -0.1) is 0 Å². The zero-order chi connectivity index (χ0) is 11.2. The van der Waals surface area contributed by atoms with E-state index in [4.69, 9.17) is 4.74 Å². The van der Waals surface area contributed by atoms with Crippen LogP contribution in [0.4, 0.5) is 0 Å². The zero-order valence-electron chi connectivity index (χ0n) is 9.79. The molecule has 0 spiro atoms. The van der Waals surface area contributed by atoms with E-state index in [2.05, 4.69) is 32.6 Å². The van der Waals surface area contributed by atoms with Crippen molar-refractivity contribution < 1.29 is 9.84 Å². The smallest absolute Gasteiger partial charge is 0.115 e. The standard InChI is InChI=1S/C12H18O2Si/c1-8-10-6-12(15(2,3)4)11(13)5-9(10)7-14-8/h5-6,8,13H,7H2,1-4H3. The van der Waals surface area contributed by atoms with E-state index in [0.717, 1.165) is 10.8 Å². The Morgan fingerprint density at radius 3 is 2.60 bits per heavy atom. The van der Waals surface area contributed by atoms with Crippen molar-refractivity contribution in [2.75, 3.05) is 0 Å². The second-order valence-corrected chi connectivity index (χ2v) is 10.3. The molecule has 3 heteroatoms. The molecule has 1 atom stereocenters. The Balaban J connectivity index is 2.55. The second kappa shape index (κ2) is 3.35. The van der Waals surface area contributed by atoms with Gasteiger partial charge in [0.25, 0.3) is 0 Å². The highest BCUT2D eigenvalue weighted by Crippen LogP contribution is 2.32. The van der Waals surface area contributed by atoms with Gasteiger partial charge in [0.15, 0.2) is 0 Å². The van der Waals surface area contributed by atoms with E-state index < -0.39 is 8.07 Å². The molecule has 0 saturated carbocycles. The Hall–Kier alpha value is -0.803. The molecule has 2 rings (SSSR count). The minimum Gasteiger partial charge on any atom is -0.508 e. The van der Waals surface area contributed by atoms with Crippen molar-refractivity contribution in [3.05, 3.63) is 23.3 Å². The zero-order valence-corrected chi connectivity index (χ0v) is 10.8. The number of hydrogen-bond donors (Lipinski definition) is 1. The molecule has 1 N–H and O–H groups in total. The maximum Gasteiger partial charge on any atom is 0.115 e. The van der Waals surface area contributed by atoms with Crippen molar-refractivity contribution in [3.8, 4) is 5.75 Å². The van der Waals surface area contributed by atoms with Crippen LogP contribution in [0.3, 0.4) is 0 Å². The number of rotatable bonds is 1. The first-order valence-electron chi connectivity index (χ1n) is 5.37. The van der Waals surface area contributed by atoms with Gasteiger partial charge in [0, 0.05) is 0 Å². The fourth-order valence-electron chi connectivity index (χ4n) is 2.06. The van der Waals surface area contributed by atoms with Crippen LogP contribution in [0.1, 0.15) is 24.2 Å². The molecule has 82 valence electrons. The second-order valence-electron chi connectivity index (χ2n) is 5.27. The lowest BCUT2D eigenvalue weighted by Gasteiger charge is -2.19. The normalized spacial score (nSPS) is 20.4. The van der Waals surface area contributed by atoms with Crippen molar-refractivity contribution in [3.63, 3.8) is 0 Å². The topological polar surface area (TPSA) is 29.5 Å². The van der Waals surface area contributed by atoms with Crippen molar-refractivity contribution in [2.24, 2.45) is 0 Å². The summed E-state index contributed by atoms with van der Waals surface area (Å²) >= 11 is 0. The molecular weight excluding hydrogens is 204 g/mol. The van der Waals surface area contributed by atoms with Crippen LogP contribution in [-0.4, -0.2) is 13.2 Å². The van der Waals surface area contributed by atoms with Gasteiger partial charge in [-0.3, -0.25) is 0 Å². The number of aromatic hydroxyl groups is 1. The molecular formula is C12H18O2Si. The van der Waals surface area contributed by atoms with E-state index in [0.29, 0.717) is 12.4 Å². The van der Waals surface area contributed by atoms with Crippen molar-refractivity contribution >= 4 is 13.3 Å². The SMILES string of the molecule is CC1OCc2cc(O)c([Si](C)(C)C)cc21. The number of hydrogen-bond acceptors (Lipinski definition) is 2. The predicted molar refractivity (Wildman–Crippen MR) is 64.3 cm³/mol. The van der Waals surface area contributed by atoms with Gasteiger partial charge in [-0.05, 0) is 29.3 Å². The third-order valence-corrected chi connectivity index (χ3v) is 5.01. The average Bonchev–Trinajstić information content (AvgIpc) is 2.44. The lowest BCUT2D eigenvalue weighted by molar-refractivity contribution is 0.0796. The molecule has 1 unspecified atom stereocenters. The lowest BCUT2D eigenvalue weighted by Crippen LogP contribution is -2.38. The minimum atomic E-state index is -1.46. The molecule has 0 bridgehead atoms. The Morgan fingerprint density at radius 1 is 1.33 bits per heavy atom. The van der Waals surface area contributed by atoms with E-state index in [9.17, 15) is 5.11 Å². The van der Waals surface area contributed by atoms with Gasteiger partial charge in [0.1, 0.15) is 5.75 Å². The molecule has 2 nitrogen and oxygen atoms in total. The number of phenolic OH excluding ortho intramolecular Hbond substituents is 1. The van der Waals surface area contributed by atoms with Gasteiger partial charge in [-0.1, -0.05) is 25.7 Å². The van der Waals surface area contributed by atoms with E-state index in [1.165, 1.54) is 5.56 Å². The monoisotopic (exact) mass is 222 g/mol. The van der Waals surface area contributed by atoms with Crippen molar-refractivity contribution in [1.82, 2.24) is 0 Å². The number of ether oxygens (including phenoxy) is 1. The Morgan fingerprint density at radius 2 is 2.00 bits per heavy atom. The quantitative estimate of drug-likeness (QED) is 0.740. The number of phenols is 1. The van der Waals surface area contributed by atoms with Crippen molar-refractivity contribution in [2.45, 2.75) is 39.3 Å². The molecule has 0 aromatic heterocycles. The van der Waals surface area contributed by atoms with Crippen LogP contribution in [0.25, 0.3) is 0 Å². The largest absolute Gasteiger partial charge is 0.508 e. The van der Waals surface area contributed by atoms with E-state index in [1.807, 2.05) is 6.07 Å². The third-order valence-electron chi connectivity index (χ3n) is 2.99. The average molecular weight is 222 g/mol. The van der Waals surface area contributed by atoms with Gasteiger partial charge in [0.05, 0.1) is 20.8 Å². The van der Waals surface area contributed by atoms with E-state index in [1.54, 1.807) is 0 Å². The number of fused-ring (bicyclic) bond motifs is 1. The molecule has 1 aromatic rings. The summed E-state index contributed by atoms with van der Waals surface area (Å²) in [6.07, 6.45) is 0.177. The maximum absolute atomic E-state index is 9.98. The third kappa shape index (κ3) is 1.81. The molecule has 1 aromatic carbocycles. The molecule has 15 heavy (non-hydrogen) atoms. The summed E-state index contributed by atoms with van der Waals surface area (Å²) in [6.45, 7) is 9.44. The van der Waals surface area contributed by atoms with Crippen LogP contribution in [0.5, 0.6) is 5.75 Å². The summed E-state index contributed by atoms with van der Waals surface area (Å²) in [7, 11) is -1.46. The Kier molecular flexibility index (Phi) is 2.39. The van der Waals surface area contributed by atoms with Gasteiger partial charge in [-0.2, -0.15) is 0 Å². The molecule has 0 fully saturated rings. The van der Waals surface area contributed by atoms with Crippen LogP contribution in [0.15, 0.2) is 12.1 Å². The molecule has 0 aliphatic carbocycles. The highest BCUT2D eigenvalue weighted by molar-refractivity contribution is 6.89. The lowest BCUT2D eigenvalue weighted by atomic mass is 10.1. The van der Waals surface area contributed by atoms with Crippen LogP contribution in [0.2, 0.25) is 19.6 Å². The summed E-state index contributed by atoms with van der Waals surface area (Å²) in [5.74, 6) is 0.450. The predicted octanol–water partition coefficient (Wildman–Crippen LogP) is 2.53.